The van der Waals surface area contributed by atoms with Crippen LogP contribution in [0.3, 0.4) is 0 Å². The van der Waals surface area contributed by atoms with Gasteiger partial charge in [-0.3, -0.25) is 5.32 Å². The van der Waals surface area contributed by atoms with Crippen molar-refractivity contribution in [1.82, 2.24) is 10.3 Å². The largest absolute Gasteiger partial charge is 0.416 e. The Morgan fingerprint density at radius 1 is 1.25 bits per heavy atom. The van der Waals surface area contributed by atoms with E-state index in [1.807, 2.05) is 0 Å². The lowest BCUT2D eigenvalue weighted by molar-refractivity contribution is -0.137. The molecule has 0 atom stereocenters. The van der Waals surface area contributed by atoms with Gasteiger partial charge in [0, 0.05) is 5.69 Å². The molecule has 0 bridgehead atoms. The maximum atomic E-state index is 12.5. The Kier molecular flexibility index (Phi) is 3.59. The third-order valence-electron chi connectivity index (χ3n) is 2.33. The third-order valence-corrected chi connectivity index (χ3v) is 2.33. The summed E-state index contributed by atoms with van der Waals surface area (Å²) in [6, 6.07) is 3.52. The molecule has 0 radical (unpaired) electrons. The van der Waals surface area contributed by atoms with E-state index in [9.17, 15) is 18.0 Å². The highest BCUT2D eigenvalue weighted by Gasteiger charge is 2.30. The van der Waals surface area contributed by atoms with Gasteiger partial charge in [-0.05, 0) is 30.3 Å². The molecule has 0 saturated carbocycles. The van der Waals surface area contributed by atoms with Crippen LogP contribution < -0.4 is 10.6 Å². The Balaban J connectivity index is 2.07. The summed E-state index contributed by atoms with van der Waals surface area (Å²) in [6.07, 6.45) is -4.47. The number of aromatic nitrogens is 2. The Morgan fingerprint density at radius 2 is 2.00 bits per heavy atom. The van der Waals surface area contributed by atoms with Crippen molar-refractivity contribution in [3.05, 3.63) is 35.5 Å². The SMILES string of the molecule is Cc1nonc1NC(=O)Nc1cccc(C(F)(F)F)c1. The fraction of sp³-hybridized carbons (Fsp3) is 0.182. The van der Waals surface area contributed by atoms with Gasteiger partial charge in [0.2, 0.25) is 5.82 Å². The number of hydrogen-bond acceptors (Lipinski definition) is 4. The second-order valence-corrected chi connectivity index (χ2v) is 3.86. The molecular formula is C11H9F3N4O2. The normalized spacial score (nSPS) is 11.2. The van der Waals surface area contributed by atoms with E-state index in [1.165, 1.54) is 12.1 Å². The predicted octanol–water partition coefficient (Wildman–Crippen LogP) is 3.04. The van der Waals surface area contributed by atoms with E-state index in [4.69, 9.17) is 0 Å². The molecule has 2 aromatic rings. The van der Waals surface area contributed by atoms with E-state index in [-0.39, 0.29) is 11.5 Å². The van der Waals surface area contributed by atoms with E-state index < -0.39 is 17.8 Å². The number of amides is 2. The first-order valence-corrected chi connectivity index (χ1v) is 5.40. The smallest absolute Gasteiger partial charge is 0.308 e. The average Bonchev–Trinajstić information content (AvgIpc) is 2.74. The maximum Gasteiger partial charge on any atom is 0.416 e. The highest BCUT2D eigenvalue weighted by atomic mass is 19.4. The summed E-state index contributed by atoms with van der Waals surface area (Å²) in [5, 5.41) is 11.4. The molecule has 6 nitrogen and oxygen atoms in total. The molecule has 20 heavy (non-hydrogen) atoms. The summed E-state index contributed by atoms with van der Waals surface area (Å²) in [6.45, 7) is 1.55. The Hall–Kier alpha value is -2.58. The maximum absolute atomic E-state index is 12.5. The van der Waals surface area contributed by atoms with Crippen molar-refractivity contribution in [1.29, 1.82) is 0 Å². The van der Waals surface area contributed by atoms with Gasteiger partial charge in [-0.15, -0.1) is 0 Å². The Bertz CT molecular complexity index is 624. The van der Waals surface area contributed by atoms with Gasteiger partial charge in [-0.1, -0.05) is 11.2 Å². The molecule has 2 rings (SSSR count). The molecular weight excluding hydrogens is 277 g/mol. The first-order valence-electron chi connectivity index (χ1n) is 5.40. The number of carbonyl (C=O) groups excluding carboxylic acids is 1. The molecule has 0 saturated heterocycles. The van der Waals surface area contributed by atoms with E-state index in [0.717, 1.165) is 12.1 Å². The van der Waals surface area contributed by atoms with Gasteiger partial charge in [0.05, 0.1) is 5.56 Å². The van der Waals surface area contributed by atoms with Crippen LogP contribution in [0.1, 0.15) is 11.3 Å². The molecule has 2 N–H and O–H groups in total. The standard InChI is InChI=1S/C11H9F3N4O2/c1-6-9(18-20-17-6)16-10(19)15-8-4-2-3-7(5-8)11(12,13)14/h2-5H,1H3,(H2,15,16,18,19). The Morgan fingerprint density at radius 3 is 2.60 bits per heavy atom. The van der Waals surface area contributed by atoms with Crippen LogP contribution in [0.25, 0.3) is 0 Å². The van der Waals surface area contributed by atoms with Gasteiger partial charge in [-0.2, -0.15) is 13.2 Å². The van der Waals surface area contributed by atoms with Gasteiger partial charge in [0.15, 0.2) is 0 Å². The molecule has 0 spiro atoms. The second kappa shape index (κ2) is 5.19. The molecule has 9 heteroatoms. The quantitative estimate of drug-likeness (QED) is 0.889. The summed E-state index contributed by atoms with van der Waals surface area (Å²) in [5.74, 6) is 0.0921. The van der Waals surface area contributed by atoms with Gasteiger partial charge in [-0.25, -0.2) is 9.42 Å². The first-order chi connectivity index (χ1) is 9.36. The Labute approximate surface area is 110 Å². The minimum absolute atomic E-state index is 0.00596. The van der Waals surface area contributed by atoms with Crippen LogP contribution in [0.15, 0.2) is 28.9 Å². The molecule has 1 aromatic carbocycles. The van der Waals surface area contributed by atoms with Crippen LogP contribution in [-0.4, -0.2) is 16.3 Å². The van der Waals surface area contributed by atoms with Crippen LogP contribution in [0, 0.1) is 6.92 Å². The topological polar surface area (TPSA) is 80.1 Å². The summed E-state index contributed by atoms with van der Waals surface area (Å²) in [7, 11) is 0. The molecule has 106 valence electrons. The molecule has 0 unspecified atom stereocenters. The van der Waals surface area contributed by atoms with Crippen LogP contribution in [0.4, 0.5) is 29.5 Å². The molecule has 1 heterocycles. The number of nitrogens with zero attached hydrogens (tertiary/aromatic N) is 2. The van der Waals surface area contributed by atoms with E-state index in [1.54, 1.807) is 6.92 Å². The van der Waals surface area contributed by atoms with Crippen molar-refractivity contribution in [3.8, 4) is 0 Å². The fourth-order valence-corrected chi connectivity index (χ4v) is 1.39. The number of rotatable bonds is 2. The molecule has 0 aliphatic heterocycles. The van der Waals surface area contributed by atoms with Crippen molar-refractivity contribution in [2.75, 3.05) is 10.6 Å². The van der Waals surface area contributed by atoms with Crippen LogP contribution >= 0.6 is 0 Å². The molecule has 0 aliphatic carbocycles. The van der Waals surface area contributed by atoms with Crippen molar-refractivity contribution in [2.24, 2.45) is 0 Å². The highest BCUT2D eigenvalue weighted by molar-refractivity contribution is 5.99. The van der Waals surface area contributed by atoms with Crippen LogP contribution in [0.5, 0.6) is 0 Å². The number of hydrogen-bond donors (Lipinski definition) is 2. The number of alkyl halides is 3. The summed E-state index contributed by atoms with van der Waals surface area (Å²) < 4.78 is 41.9. The van der Waals surface area contributed by atoms with Crippen molar-refractivity contribution in [2.45, 2.75) is 13.1 Å². The predicted molar refractivity (Wildman–Crippen MR) is 63.1 cm³/mol. The molecule has 0 aliphatic rings. The second-order valence-electron chi connectivity index (χ2n) is 3.86. The van der Waals surface area contributed by atoms with E-state index in [2.05, 4.69) is 25.6 Å². The van der Waals surface area contributed by atoms with Crippen molar-refractivity contribution in [3.63, 3.8) is 0 Å². The van der Waals surface area contributed by atoms with Gasteiger partial charge in [0.25, 0.3) is 0 Å². The minimum atomic E-state index is -4.47. The lowest BCUT2D eigenvalue weighted by Gasteiger charge is -2.09. The summed E-state index contributed by atoms with van der Waals surface area (Å²) in [4.78, 5) is 11.6. The summed E-state index contributed by atoms with van der Waals surface area (Å²) >= 11 is 0. The minimum Gasteiger partial charge on any atom is -0.308 e. The molecule has 1 aromatic heterocycles. The van der Waals surface area contributed by atoms with Gasteiger partial charge in [0.1, 0.15) is 5.69 Å². The number of halogens is 3. The van der Waals surface area contributed by atoms with E-state index in [0.29, 0.717) is 5.69 Å². The molecule has 0 fully saturated rings. The number of benzene rings is 1. The number of carbonyl (C=O) groups is 1. The highest BCUT2D eigenvalue weighted by Crippen LogP contribution is 2.30. The lowest BCUT2D eigenvalue weighted by atomic mass is 10.2. The fourth-order valence-electron chi connectivity index (χ4n) is 1.39. The zero-order valence-corrected chi connectivity index (χ0v) is 10.2. The monoisotopic (exact) mass is 286 g/mol. The number of aryl methyl sites for hydroxylation is 1. The zero-order valence-electron chi connectivity index (χ0n) is 10.2. The average molecular weight is 286 g/mol. The van der Waals surface area contributed by atoms with E-state index >= 15 is 0 Å². The van der Waals surface area contributed by atoms with Crippen molar-refractivity contribution < 1.29 is 22.6 Å². The van der Waals surface area contributed by atoms with Gasteiger partial charge >= 0.3 is 12.2 Å². The van der Waals surface area contributed by atoms with Crippen molar-refractivity contribution >= 4 is 17.5 Å². The van der Waals surface area contributed by atoms with Gasteiger partial charge < -0.3 is 5.32 Å². The number of nitrogens with one attached hydrogen (secondary N) is 2. The molecule has 2 amide bonds. The number of urea groups is 1. The first kappa shape index (κ1) is 13.8. The third kappa shape index (κ3) is 3.25. The van der Waals surface area contributed by atoms with Crippen LogP contribution in [-0.2, 0) is 6.18 Å². The van der Waals surface area contributed by atoms with Crippen LogP contribution in [0.2, 0.25) is 0 Å². The summed E-state index contributed by atoms with van der Waals surface area (Å²) in [5.41, 5.74) is -0.495. The number of anilines is 2. The lowest BCUT2D eigenvalue weighted by Crippen LogP contribution is -2.20. The zero-order chi connectivity index (χ0) is 14.8.